The van der Waals surface area contributed by atoms with Crippen LogP contribution in [-0.2, 0) is 6.42 Å². The summed E-state index contributed by atoms with van der Waals surface area (Å²) in [5.74, 6) is 0.833. The maximum Gasteiger partial charge on any atom is 0.132 e. The highest BCUT2D eigenvalue weighted by atomic mass is 19.1. The summed E-state index contributed by atoms with van der Waals surface area (Å²) in [6.45, 7) is 1.86. The summed E-state index contributed by atoms with van der Waals surface area (Å²) >= 11 is 0. The van der Waals surface area contributed by atoms with Gasteiger partial charge in [-0.1, -0.05) is 0 Å². The Hall–Kier alpha value is -2.04. The highest BCUT2D eigenvalue weighted by molar-refractivity contribution is 5.77. The van der Waals surface area contributed by atoms with Crippen LogP contribution in [0.4, 0.5) is 10.1 Å². The molecule has 2 aliphatic rings. The molecule has 2 heterocycles. The van der Waals surface area contributed by atoms with E-state index < -0.39 is 6.67 Å². The molecule has 0 amide bonds. The maximum absolute atomic E-state index is 12.8. The first-order chi connectivity index (χ1) is 11.7. The van der Waals surface area contributed by atoms with Crippen LogP contribution in [0.25, 0.3) is 11.1 Å². The summed E-state index contributed by atoms with van der Waals surface area (Å²) < 4.78 is 20.7. The van der Waals surface area contributed by atoms with Gasteiger partial charge in [-0.3, -0.25) is 4.68 Å². The van der Waals surface area contributed by atoms with Gasteiger partial charge in [0.25, 0.3) is 0 Å². The van der Waals surface area contributed by atoms with Crippen LogP contribution < -0.4 is 9.64 Å². The van der Waals surface area contributed by atoms with Crippen molar-refractivity contribution < 1.29 is 9.13 Å². The van der Waals surface area contributed by atoms with E-state index in [-0.39, 0.29) is 6.61 Å². The van der Waals surface area contributed by atoms with E-state index in [0.29, 0.717) is 12.1 Å². The van der Waals surface area contributed by atoms with Gasteiger partial charge in [0.15, 0.2) is 0 Å². The maximum atomic E-state index is 12.8. The van der Waals surface area contributed by atoms with Gasteiger partial charge < -0.3 is 9.64 Å². The second-order valence-corrected chi connectivity index (χ2v) is 6.92. The van der Waals surface area contributed by atoms with Crippen molar-refractivity contribution in [3.05, 3.63) is 30.1 Å². The van der Waals surface area contributed by atoms with Crippen molar-refractivity contribution in [2.75, 3.05) is 25.2 Å². The molecule has 0 saturated heterocycles. The van der Waals surface area contributed by atoms with E-state index in [1.165, 1.54) is 24.1 Å². The third-order valence-electron chi connectivity index (χ3n) is 5.25. The summed E-state index contributed by atoms with van der Waals surface area (Å²) in [5.41, 5.74) is 4.47. The summed E-state index contributed by atoms with van der Waals surface area (Å²) in [6, 6.07) is 5.32. The molecule has 1 aliphatic heterocycles. The van der Waals surface area contributed by atoms with Crippen LogP contribution in [0, 0.1) is 0 Å². The molecule has 1 saturated carbocycles. The normalized spacial score (nSPS) is 20.1. The van der Waals surface area contributed by atoms with Crippen molar-refractivity contribution >= 4 is 5.69 Å². The van der Waals surface area contributed by atoms with Crippen LogP contribution in [0.1, 0.15) is 37.8 Å². The van der Waals surface area contributed by atoms with Crippen LogP contribution >= 0.6 is 0 Å². The second-order valence-electron chi connectivity index (χ2n) is 6.92. The standard InChI is InChI=1S/C19H24FN3O/c1-13-3-6-17-18(22(13)2)8-7-16(19(17)24-10-9-20)14-11-21-23(12-14)15-4-5-15/h7-8,11-13,15H,3-6,9-10H2,1-2H3. The number of anilines is 1. The molecular formula is C19H24FN3O. The lowest BCUT2D eigenvalue weighted by Gasteiger charge is -2.35. The molecule has 5 heteroatoms. The minimum absolute atomic E-state index is 0.0967. The first kappa shape index (κ1) is 15.5. The van der Waals surface area contributed by atoms with E-state index in [1.54, 1.807) is 0 Å². The van der Waals surface area contributed by atoms with Crippen molar-refractivity contribution in [3.8, 4) is 16.9 Å². The zero-order valence-corrected chi connectivity index (χ0v) is 14.3. The fourth-order valence-electron chi connectivity index (χ4n) is 3.52. The van der Waals surface area contributed by atoms with Crippen LogP contribution in [-0.4, -0.2) is 36.2 Å². The van der Waals surface area contributed by atoms with Crippen LogP contribution in [0.15, 0.2) is 24.5 Å². The summed E-state index contributed by atoms with van der Waals surface area (Å²) in [6.07, 6.45) is 8.46. The Bertz CT molecular complexity index is 738. The number of nitrogens with zero attached hydrogens (tertiary/aromatic N) is 3. The van der Waals surface area contributed by atoms with Crippen molar-refractivity contribution in [1.29, 1.82) is 0 Å². The predicted octanol–water partition coefficient (Wildman–Crippen LogP) is 4.00. The third kappa shape index (κ3) is 2.66. The number of hydrogen-bond acceptors (Lipinski definition) is 3. The topological polar surface area (TPSA) is 30.3 Å². The van der Waals surface area contributed by atoms with Gasteiger partial charge in [0.2, 0.25) is 0 Å². The van der Waals surface area contributed by atoms with Crippen molar-refractivity contribution in [2.45, 2.75) is 44.7 Å². The first-order valence-electron chi connectivity index (χ1n) is 8.81. The molecule has 1 atom stereocenters. The number of fused-ring (bicyclic) bond motifs is 1. The Labute approximate surface area is 142 Å². The summed E-state index contributed by atoms with van der Waals surface area (Å²) in [7, 11) is 2.12. The lowest BCUT2D eigenvalue weighted by Crippen LogP contribution is -2.33. The van der Waals surface area contributed by atoms with Gasteiger partial charge in [0.1, 0.15) is 19.0 Å². The Morgan fingerprint density at radius 3 is 2.88 bits per heavy atom. The minimum atomic E-state index is -0.476. The molecule has 4 nitrogen and oxygen atoms in total. The van der Waals surface area contributed by atoms with E-state index in [0.717, 1.165) is 29.7 Å². The predicted molar refractivity (Wildman–Crippen MR) is 93.6 cm³/mol. The largest absolute Gasteiger partial charge is 0.490 e. The second kappa shape index (κ2) is 6.11. The number of halogens is 1. The van der Waals surface area contributed by atoms with Gasteiger partial charge in [-0.15, -0.1) is 0 Å². The van der Waals surface area contributed by atoms with E-state index in [1.807, 2.05) is 10.9 Å². The van der Waals surface area contributed by atoms with Crippen LogP contribution in [0.5, 0.6) is 5.75 Å². The average Bonchev–Trinajstić information content (AvgIpc) is 3.33. The van der Waals surface area contributed by atoms with E-state index in [9.17, 15) is 4.39 Å². The number of ether oxygens (including phenoxy) is 1. The zero-order chi connectivity index (χ0) is 16.7. The van der Waals surface area contributed by atoms with Crippen molar-refractivity contribution in [1.82, 2.24) is 9.78 Å². The molecule has 1 aromatic heterocycles. The molecule has 24 heavy (non-hydrogen) atoms. The molecule has 128 valence electrons. The molecule has 4 rings (SSSR count). The van der Waals surface area contributed by atoms with Gasteiger partial charge in [-0.05, 0) is 44.7 Å². The SMILES string of the molecule is CC1CCc2c(ccc(-c3cnn(C4CC4)c3)c2OCCF)N1C. The van der Waals surface area contributed by atoms with Crippen LogP contribution in [0.2, 0.25) is 0 Å². The molecule has 1 aliphatic carbocycles. The lowest BCUT2D eigenvalue weighted by atomic mass is 9.93. The van der Waals surface area contributed by atoms with Crippen molar-refractivity contribution in [2.24, 2.45) is 0 Å². The molecule has 0 spiro atoms. The van der Waals surface area contributed by atoms with Gasteiger partial charge in [0, 0.05) is 41.7 Å². The molecule has 1 unspecified atom stereocenters. The fourth-order valence-corrected chi connectivity index (χ4v) is 3.52. The minimum Gasteiger partial charge on any atom is -0.490 e. The molecule has 0 N–H and O–H groups in total. The van der Waals surface area contributed by atoms with E-state index >= 15 is 0 Å². The Kier molecular flexibility index (Phi) is 3.94. The van der Waals surface area contributed by atoms with Gasteiger partial charge >= 0.3 is 0 Å². The smallest absolute Gasteiger partial charge is 0.132 e. The fraction of sp³-hybridized carbons (Fsp3) is 0.526. The zero-order valence-electron chi connectivity index (χ0n) is 14.3. The molecule has 2 aromatic rings. The van der Waals surface area contributed by atoms with E-state index in [4.69, 9.17) is 4.74 Å². The van der Waals surface area contributed by atoms with Gasteiger partial charge in [0.05, 0.1) is 12.2 Å². The first-order valence-corrected chi connectivity index (χ1v) is 8.81. The number of benzene rings is 1. The average molecular weight is 329 g/mol. The molecule has 1 fully saturated rings. The molecule has 1 aromatic carbocycles. The summed E-state index contributed by atoms with van der Waals surface area (Å²) in [4.78, 5) is 2.29. The Balaban J connectivity index is 1.77. The van der Waals surface area contributed by atoms with Gasteiger partial charge in [-0.2, -0.15) is 5.10 Å². The lowest BCUT2D eigenvalue weighted by molar-refractivity contribution is 0.271. The number of rotatable bonds is 5. The highest BCUT2D eigenvalue weighted by Gasteiger charge is 2.27. The quantitative estimate of drug-likeness (QED) is 0.830. The van der Waals surface area contributed by atoms with Crippen LogP contribution in [0.3, 0.4) is 0 Å². The van der Waals surface area contributed by atoms with E-state index in [2.05, 4.69) is 42.3 Å². The summed E-state index contributed by atoms with van der Waals surface area (Å²) in [5, 5.41) is 4.49. The molecule has 0 bridgehead atoms. The Morgan fingerprint density at radius 2 is 2.12 bits per heavy atom. The highest BCUT2D eigenvalue weighted by Crippen LogP contribution is 2.43. The van der Waals surface area contributed by atoms with Crippen molar-refractivity contribution in [3.63, 3.8) is 0 Å². The monoisotopic (exact) mass is 329 g/mol. The number of aromatic nitrogens is 2. The Morgan fingerprint density at radius 1 is 1.29 bits per heavy atom. The molecular weight excluding hydrogens is 305 g/mol. The van der Waals surface area contributed by atoms with Gasteiger partial charge in [-0.25, -0.2) is 4.39 Å². The third-order valence-corrected chi connectivity index (χ3v) is 5.25. The molecule has 0 radical (unpaired) electrons. The number of alkyl halides is 1. The number of hydrogen-bond donors (Lipinski definition) is 0.